The highest BCUT2D eigenvalue weighted by Crippen LogP contribution is 2.32. The molecule has 3 aromatic rings. The number of Topliss-reactive ketones (excluding diaryl/α,β-unsaturated/α-hetero) is 1. The first kappa shape index (κ1) is 20.8. The molecule has 158 valence electrons. The number of hydrogen-bond donors (Lipinski definition) is 1. The maximum Gasteiger partial charge on any atom is 0.267 e. The minimum absolute atomic E-state index is 0.0927. The van der Waals surface area contributed by atoms with Crippen molar-refractivity contribution in [1.82, 2.24) is 9.97 Å². The summed E-state index contributed by atoms with van der Waals surface area (Å²) in [6, 6.07) is 13.4. The molecule has 0 unspecified atom stereocenters. The van der Waals surface area contributed by atoms with Gasteiger partial charge in [-0.1, -0.05) is 35.9 Å². The highest BCUT2D eigenvalue weighted by Gasteiger charge is 2.28. The van der Waals surface area contributed by atoms with Gasteiger partial charge in [0.1, 0.15) is 30.1 Å². The zero-order valence-corrected chi connectivity index (χ0v) is 17.7. The van der Waals surface area contributed by atoms with Crippen LogP contribution in [0.2, 0.25) is 5.02 Å². The Balaban J connectivity index is 1.58. The van der Waals surface area contributed by atoms with Crippen LogP contribution in [-0.4, -0.2) is 34.8 Å². The minimum atomic E-state index is -0.300. The summed E-state index contributed by atoms with van der Waals surface area (Å²) in [7, 11) is 0. The third-order valence-corrected chi connectivity index (χ3v) is 5.46. The maximum atomic E-state index is 13.1. The Morgan fingerprint density at radius 3 is 2.68 bits per heavy atom. The quantitative estimate of drug-likeness (QED) is 0.650. The van der Waals surface area contributed by atoms with Crippen LogP contribution in [0.25, 0.3) is 11.1 Å². The Bertz CT molecular complexity index is 1150. The van der Waals surface area contributed by atoms with Gasteiger partial charge >= 0.3 is 0 Å². The molecular formula is C23H21ClN4O3. The number of rotatable bonds is 5. The van der Waals surface area contributed by atoms with E-state index in [0.717, 1.165) is 16.7 Å². The fourth-order valence-corrected chi connectivity index (χ4v) is 3.81. The van der Waals surface area contributed by atoms with Crippen molar-refractivity contribution >= 4 is 34.8 Å². The molecule has 2 N–H and O–H groups in total. The predicted octanol–water partition coefficient (Wildman–Crippen LogP) is 3.94. The molecule has 1 aliphatic rings. The maximum absolute atomic E-state index is 13.1. The number of aromatic nitrogens is 2. The van der Waals surface area contributed by atoms with Crippen molar-refractivity contribution in [2.45, 2.75) is 19.8 Å². The van der Waals surface area contributed by atoms with E-state index in [-0.39, 0.29) is 29.0 Å². The van der Waals surface area contributed by atoms with Gasteiger partial charge < -0.3 is 20.2 Å². The number of ketones is 1. The summed E-state index contributed by atoms with van der Waals surface area (Å²) in [6.07, 6.45) is 2.44. The van der Waals surface area contributed by atoms with Crippen LogP contribution in [0, 0.1) is 0 Å². The highest BCUT2D eigenvalue weighted by molar-refractivity contribution is 6.33. The van der Waals surface area contributed by atoms with Crippen molar-refractivity contribution < 1.29 is 14.3 Å². The monoisotopic (exact) mass is 436 g/mol. The van der Waals surface area contributed by atoms with Gasteiger partial charge in [-0.25, -0.2) is 9.97 Å². The number of hydrogen-bond acceptors (Lipinski definition) is 6. The van der Waals surface area contributed by atoms with Crippen LogP contribution in [0.5, 0.6) is 5.88 Å². The smallest absolute Gasteiger partial charge is 0.267 e. The van der Waals surface area contributed by atoms with Crippen molar-refractivity contribution in [2.75, 3.05) is 23.8 Å². The summed E-state index contributed by atoms with van der Waals surface area (Å²) in [5.74, 6) is 0.148. The number of nitrogens with zero attached hydrogens (tertiary/aromatic N) is 3. The Morgan fingerprint density at radius 1 is 1.19 bits per heavy atom. The normalized spacial score (nSPS) is 13.4. The van der Waals surface area contributed by atoms with Gasteiger partial charge in [-0.2, -0.15) is 0 Å². The molecule has 0 radical (unpaired) electrons. The van der Waals surface area contributed by atoms with Crippen LogP contribution in [-0.2, 0) is 11.2 Å². The molecule has 8 heteroatoms. The molecule has 1 aromatic heterocycles. The zero-order valence-electron chi connectivity index (χ0n) is 17.0. The van der Waals surface area contributed by atoms with Crippen molar-refractivity contribution in [3.05, 3.63) is 64.9 Å². The second-order valence-corrected chi connectivity index (χ2v) is 7.71. The molecule has 0 bridgehead atoms. The number of carbonyl (C=O) groups excluding carboxylic acids is 2. The number of aryl methyl sites for hydroxylation is 1. The lowest BCUT2D eigenvalue weighted by Crippen LogP contribution is -2.32. The Labute approximate surface area is 184 Å². The van der Waals surface area contributed by atoms with Gasteiger partial charge in [0.2, 0.25) is 5.88 Å². The van der Waals surface area contributed by atoms with Crippen LogP contribution in [0.15, 0.2) is 48.8 Å². The largest absolute Gasteiger partial charge is 0.475 e. The molecule has 0 saturated heterocycles. The van der Waals surface area contributed by atoms with E-state index >= 15 is 0 Å². The fourth-order valence-electron chi connectivity index (χ4n) is 3.50. The Morgan fingerprint density at radius 2 is 1.97 bits per heavy atom. The highest BCUT2D eigenvalue weighted by atomic mass is 35.5. The van der Waals surface area contributed by atoms with E-state index in [0.29, 0.717) is 36.7 Å². The van der Waals surface area contributed by atoms with Gasteiger partial charge in [0, 0.05) is 22.7 Å². The number of carbonyl (C=O) groups is 2. The Kier molecular flexibility index (Phi) is 5.86. The molecule has 0 spiro atoms. The number of benzene rings is 2. The van der Waals surface area contributed by atoms with Crippen molar-refractivity contribution in [2.24, 2.45) is 0 Å². The molecule has 0 saturated carbocycles. The van der Waals surface area contributed by atoms with E-state index in [1.54, 1.807) is 11.8 Å². The standard InChI is InChI=1S/C23H21ClN4O3/c1-14(29)2-3-15-4-9-18(19(24)12-15)16-5-7-17(8-6-16)28-10-11-31-22-20(23(28)30)21(25)26-13-27-22/h4-9,12-13H,2-3,10-11H2,1H3,(H2,25,26,27). The summed E-state index contributed by atoms with van der Waals surface area (Å²) in [6.45, 7) is 2.24. The lowest BCUT2D eigenvalue weighted by Gasteiger charge is -2.20. The number of amides is 1. The SMILES string of the molecule is CC(=O)CCc1ccc(-c2ccc(N3CCOc4ncnc(N)c4C3=O)cc2)c(Cl)c1. The third-order valence-electron chi connectivity index (χ3n) is 5.14. The topological polar surface area (TPSA) is 98.4 Å². The Hall–Kier alpha value is -3.45. The first-order valence-corrected chi connectivity index (χ1v) is 10.3. The number of nitrogen functional groups attached to an aromatic ring is 1. The number of anilines is 2. The summed E-state index contributed by atoms with van der Waals surface area (Å²) in [5.41, 5.74) is 9.61. The molecular weight excluding hydrogens is 416 g/mol. The first-order chi connectivity index (χ1) is 14.9. The lowest BCUT2D eigenvalue weighted by atomic mass is 10.0. The summed E-state index contributed by atoms with van der Waals surface area (Å²) in [4.78, 5) is 33.8. The molecule has 4 rings (SSSR count). The van der Waals surface area contributed by atoms with Crippen LogP contribution < -0.4 is 15.4 Å². The summed E-state index contributed by atoms with van der Waals surface area (Å²) in [5, 5.41) is 0.618. The van der Waals surface area contributed by atoms with Crippen LogP contribution >= 0.6 is 11.6 Å². The fraction of sp³-hybridized carbons (Fsp3) is 0.217. The summed E-state index contributed by atoms with van der Waals surface area (Å²) >= 11 is 6.49. The zero-order chi connectivity index (χ0) is 22.0. The molecule has 2 aromatic carbocycles. The van der Waals surface area contributed by atoms with E-state index in [9.17, 15) is 9.59 Å². The number of nitrogens with two attached hydrogens (primary N) is 1. The van der Waals surface area contributed by atoms with E-state index in [1.807, 2.05) is 42.5 Å². The predicted molar refractivity (Wildman–Crippen MR) is 120 cm³/mol. The van der Waals surface area contributed by atoms with Gasteiger partial charge in [0.05, 0.1) is 6.54 Å². The molecule has 31 heavy (non-hydrogen) atoms. The van der Waals surface area contributed by atoms with Crippen molar-refractivity contribution in [3.63, 3.8) is 0 Å². The third kappa shape index (κ3) is 4.36. The molecule has 0 atom stereocenters. The first-order valence-electron chi connectivity index (χ1n) is 9.87. The number of ether oxygens (including phenoxy) is 1. The molecule has 1 aliphatic heterocycles. The van der Waals surface area contributed by atoms with Gasteiger partial charge in [-0.15, -0.1) is 0 Å². The van der Waals surface area contributed by atoms with E-state index in [2.05, 4.69) is 9.97 Å². The molecule has 0 fully saturated rings. The number of fused-ring (bicyclic) bond motifs is 1. The van der Waals surface area contributed by atoms with Crippen LogP contribution in [0.4, 0.5) is 11.5 Å². The van der Waals surface area contributed by atoms with Gasteiger partial charge in [-0.05, 0) is 42.7 Å². The van der Waals surface area contributed by atoms with E-state index < -0.39 is 0 Å². The van der Waals surface area contributed by atoms with Crippen molar-refractivity contribution in [1.29, 1.82) is 0 Å². The minimum Gasteiger partial charge on any atom is -0.475 e. The van der Waals surface area contributed by atoms with Crippen LogP contribution in [0.3, 0.4) is 0 Å². The van der Waals surface area contributed by atoms with Gasteiger partial charge in [0.15, 0.2) is 0 Å². The van der Waals surface area contributed by atoms with Crippen LogP contribution in [0.1, 0.15) is 29.3 Å². The average molecular weight is 437 g/mol. The van der Waals surface area contributed by atoms with Gasteiger partial charge in [0.25, 0.3) is 5.91 Å². The molecule has 7 nitrogen and oxygen atoms in total. The average Bonchev–Trinajstić information content (AvgIpc) is 2.92. The molecule has 2 heterocycles. The number of halogens is 1. The summed E-state index contributed by atoms with van der Waals surface area (Å²) < 4.78 is 5.57. The lowest BCUT2D eigenvalue weighted by molar-refractivity contribution is -0.116. The van der Waals surface area contributed by atoms with Gasteiger partial charge in [-0.3, -0.25) is 4.79 Å². The van der Waals surface area contributed by atoms with E-state index in [4.69, 9.17) is 22.1 Å². The van der Waals surface area contributed by atoms with Crippen molar-refractivity contribution in [3.8, 4) is 17.0 Å². The molecule has 1 amide bonds. The van der Waals surface area contributed by atoms with E-state index in [1.165, 1.54) is 6.33 Å². The second kappa shape index (κ2) is 8.73. The molecule has 0 aliphatic carbocycles. The second-order valence-electron chi connectivity index (χ2n) is 7.31.